The average molecular weight is 381 g/mol. The third kappa shape index (κ3) is 3.46. The van der Waals surface area contributed by atoms with Crippen molar-refractivity contribution in [2.75, 3.05) is 0 Å². The number of hydrogen-bond donors (Lipinski definition) is 0. The van der Waals surface area contributed by atoms with Gasteiger partial charge >= 0.3 is 0 Å². The molecule has 0 atom stereocenters. The zero-order valence-electron chi connectivity index (χ0n) is 15.6. The maximum Gasteiger partial charge on any atom is 0.243 e. The molecule has 0 aliphatic heterocycles. The zero-order chi connectivity index (χ0) is 19.2. The molecule has 4 heteroatoms. The molecule has 0 saturated carbocycles. The molecule has 0 spiro atoms. The molecule has 2 aromatic heterocycles. The number of halogens is 2. The molecule has 4 rings (SSSR count). The van der Waals surface area contributed by atoms with E-state index in [2.05, 4.69) is 56.1 Å². The number of benzene rings is 2. The fourth-order valence-corrected chi connectivity index (χ4v) is 4.71. The van der Waals surface area contributed by atoms with Crippen LogP contribution in [0.4, 0.5) is 8.78 Å². The van der Waals surface area contributed by atoms with Crippen LogP contribution in [0.15, 0.2) is 54.7 Å². The summed E-state index contributed by atoms with van der Waals surface area (Å²) in [6.07, 6.45) is -0.769. The van der Waals surface area contributed by atoms with Crippen molar-refractivity contribution in [1.29, 1.82) is 0 Å². The van der Waals surface area contributed by atoms with Gasteiger partial charge in [-0.3, -0.25) is 4.98 Å². The van der Waals surface area contributed by atoms with Gasteiger partial charge in [0, 0.05) is 23.1 Å². The Labute approximate surface area is 161 Å². The SMILES string of the molecule is CC(C)(C)c1cc(-c2nccc3cc(CC(F)F)sc23)cc2ccccc12. The molecule has 1 nitrogen and oxygen atoms in total. The molecule has 0 aliphatic carbocycles. The summed E-state index contributed by atoms with van der Waals surface area (Å²) in [7, 11) is 0. The first-order chi connectivity index (χ1) is 12.8. The lowest BCUT2D eigenvalue weighted by Gasteiger charge is -2.22. The normalized spacial score (nSPS) is 12.4. The third-order valence-corrected chi connectivity index (χ3v) is 5.96. The summed E-state index contributed by atoms with van der Waals surface area (Å²) in [5.74, 6) is 0. The molecular weight excluding hydrogens is 360 g/mol. The minimum Gasteiger partial charge on any atom is -0.255 e. The maximum atomic E-state index is 12.8. The lowest BCUT2D eigenvalue weighted by atomic mass is 9.82. The van der Waals surface area contributed by atoms with Crippen LogP contribution in [-0.2, 0) is 11.8 Å². The Morgan fingerprint density at radius 3 is 2.52 bits per heavy atom. The van der Waals surface area contributed by atoms with Crippen molar-refractivity contribution in [2.24, 2.45) is 0 Å². The van der Waals surface area contributed by atoms with Crippen molar-refractivity contribution >= 4 is 32.2 Å². The summed E-state index contributed by atoms with van der Waals surface area (Å²) < 4.78 is 26.6. The third-order valence-electron chi connectivity index (χ3n) is 4.78. The molecule has 27 heavy (non-hydrogen) atoms. The minimum atomic E-state index is -2.33. The monoisotopic (exact) mass is 381 g/mol. The highest BCUT2D eigenvalue weighted by Crippen LogP contribution is 2.38. The van der Waals surface area contributed by atoms with E-state index in [-0.39, 0.29) is 11.8 Å². The second-order valence-corrected chi connectivity index (χ2v) is 9.02. The van der Waals surface area contributed by atoms with E-state index in [1.54, 1.807) is 6.20 Å². The standard InChI is InChI=1S/C23H21F2NS/c1-23(2,3)19-12-16(10-14-6-4-5-7-18(14)19)21-22-15(8-9-26-21)11-17(27-22)13-20(24)25/h4-12,20H,13H2,1-3H3. The second kappa shape index (κ2) is 6.68. The van der Waals surface area contributed by atoms with E-state index in [9.17, 15) is 8.78 Å². The first-order valence-electron chi connectivity index (χ1n) is 9.02. The molecule has 0 unspecified atom stereocenters. The Bertz CT molecular complexity index is 1120. The van der Waals surface area contributed by atoms with Gasteiger partial charge in [-0.15, -0.1) is 11.3 Å². The van der Waals surface area contributed by atoms with Gasteiger partial charge in [-0.2, -0.15) is 0 Å². The first kappa shape index (κ1) is 18.1. The van der Waals surface area contributed by atoms with Gasteiger partial charge in [0.1, 0.15) is 0 Å². The maximum absolute atomic E-state index is 12.8. The molecule has 0 aliphatic rings. The summed E-state index contributed by atoms with van der Waals surface area (Å²) in [5, 5.41) is 3.39. The van der Waals surface area contributed by atoms with Crippen molar-refractivity contribution < 1.29 is 8.78 Å². The lowest BCUT2D eigenvalue weighted by Crippen LogP contribution is -2.12. The van der Waals surface area contributed by atoms with Crippen LogP contribution >= 0.6 is 11.3 Å². The number of nitrogens with zero attached hydrogens (tertiary/aromatic N) is 1. The Kier molecular flexibility index (Phi) is 4.47. The summed E-state index contributed by atoms with van der Waals surface area (Å²) >= 11 is 1.42. The minimum absolute atomic E-state index is 0.0141. The molecule has 0 radical (unpaired) electrons. The van der Waals surface area contributed by atoms with Crippen molar-refractivity contribution in [3.8, 4) is 11.3 Å². The molecule has 0 bridgehead atoms. The lowest BCUT2D eigenvalue weighted by molar-refractivity contribution is 0.150. The number of thiophene rings is 1. The van der Waals surface area contributed by atoms with Gasteiger partial charge in [-0.1, -0.05) is 45.0 Å². The smallest absolute Gasteiger partial charge is 0.243 e. The predicted octanol–water partition coefficient (Wildman–Crippen LogP) is 7.22. The Hall–Kier alpha value is -2.33. The average Bonchev–Trinajstić information content (AvgIpc) is 3.01. The van der Waals surface area contributed by atoms with E-state index in [1.807, 2.05) is 18.2 Å². The predicted molar refractivity (Wildman–Crippen MR) is 111 cm³/mol. The number of pyridine rings is 1. The molecule has 0 N–H and O–H groups in total. The highest BCUT2D eigenvalue weighted by molar-refractivity contribution is 7.19. The molecule has 0 saturated heterocycles. The van der Waals surface area contributed by atoms with Gasteiger partial charge in [-0.05, 0) is 51.4 Å². The number of aromatic nitrogens is 1. The molecule has 0 fully saturated rings. The Morgan fingerprint density at radius 2 is 1.78 bits per heavy atom. The number of fused-ring (bicyclic) bond motifs is 2. The van der Waals surface area contributed by atoms with E-state index in [0.717, 1.165) is 21.3 Å². The molecule has 4 aromatic rings. The summed E-state index contributed by atoms with van der Waals surface area (Å²) in [6.45, 7) is 6.62. The van der Waals surface area contributed by atoms with Gasteiger partial charge in [-0.25, -0.2) is 8.78 Å². The van der Waals surface area contributed by atoms with Crippen LogP contribution < -0.4 is 0 Å². The Balaban J connectivity index is 1.96. The quantitative estimate of drug-likeness (QED) is 0.365. The van der Waals surface area contributed by atoms with Crippen LogP contribution in [0.5, 0.6) is 0 Å². The summed E-state index contributed by atoms with van der Waals surface area (Å²) in [4.78, 5) is 5.32. The van der Waals surface area contributed by atoms with E-state index in [4.69, 9.17) is 0 Å². The molecule has 138 valence electrons. The Morgan fingerprint density at radius 1 is 1.00 bits per heavy atom. The number of rotatable bonds is 3. The molecule has 2 aromatic carbocycles. The van der Waals surface area contributed by atoms with Gasteiger partial charge in [0.2, 0.25) is 6.43 Å². The highest BCUT2D eigenvalue weighted by atomic mass is 32.1. The van der Waals surface area contributed by atoms with Crippen molar-refractivity contribution in [3.63, 3.8) is 0 Å². The number of hydrogen-bond acceptors (Lipinski definition) is 2. The fourth-order valence-electron chi connectivity index (χ4n) is 3.54. The number of alkyl halides is 2. The van der Waals surface area contributed by atoms with Crippen molar-refractivity contribution in [1.82, 2.24) is 4.98 Å². The van der Waals surface area contributed by atoms with Crippen LogP contribution in [0.1, 0.15) is 31.2 Å². The molecule has 2 heterocycles. The van der Waals surface area contributed by atoms with Crippen molar-refractivity contribution in [2.45, 2.75) is 39.0 Å². The second-order valence-electron chi connectivity index (χ2n) is 7.88. The van der Waals surface area contributed by atoms with Gasteiger partial charge in [0.15, 0.2) is 0 Å². The van der Waals surface area contributed by atoms with E-state index in [1.165, 1.54) is 27.7 Å². The summed E-state index contributed by atoms with van der Waals surface area (Å²) in [5.41, 5.74) is 3.16. The first-order valence-corrected chi connectivity index (χ1v) is 9.84. The summed E-state index contributed by atoms with van der Waals surface area (Å²) in [6, 6.07) is 16.5. The van der Waals surface area contributed by atoms with Crippen LogP contribution in [0.2, 0.25) is 0 Å². The topological polar surface area (TPSA) is 12.9 Å². The largest absolute Gasteiger partial charge is 0.255 e. The van der Waals surface area contributed by atoms with Crippen molar-refractivity contribution in [3.05, 3.63) is 65.2 Å². The van der Waals surface area contributed by atoms with Crippen LogP contribution in [-0.4, -0.2) is 11.4 Å². The van der Waals surface area contributed by atoms with E-state index >= 15 is 0 Å². The van der Waals surface area contributed by atoms with Crippen LogP contribution in [0.25, 0.3) is 32.1 Å². The molecular formula is C23H21F2NS. The van der Waals surface area contributed by atoms with Gasteiger partial charge < -0.3 is 0 Å². The van der Waals surface area contributed by atoms with Gasteiger partial charge in [0.05, 0.1) is 10.4 Å². The van der Waals surface area contributed by atoms with Crippen LogP contribution in [0.3, 0.4) is 0 Å². The van der Waals surface area contributed by atoms with E-state index < -0.39 is 6.43 Å². The fraction of sp³-hybridized carbons (Fsp3) is 0.261. The highest BCUT2D eigenvalue weighted by Gasteiger charge is 2.20. The van der Waals surface area contributed by atoms with E-state index in [0.29, 0.717) is 4.88 Å². The van der Waals surface area contributed by atoms with Crippen LogP contribution in [0, 0.1) is 0 Å². The van der Waals surface area contributed by atoms with Gasteiger partial charge in [0.25, 0.3) is 0 Å². The molecule has 0 amide bonds. The zero-order valence-corrected chi connectivity index (χ0v) is 16.4.